The van der Waals surface area contributed by atoms with Crippen LogP contribution >= 0.6 is 0 Å². The second kappa shape index (κ2) is 6.48. The fraction of sp³-hybridized carbons (Fsp3) is 0.300. The Hall–Kier alpha value is -2.68. The lowest BCUT2D eigenvalue weighted by atomic mass is 9.96. The maximum atomic E-state index is 11.0. The molecule has 20 heavy (non-hydrogen) atoms. The number of aromatic carboxylic acids is 1. The maximum Gasteiger partial charge on any atom is 0.336 e. The van der Waals surface area contributed by atoms with Gasteiger partial charge < -0.3 is 15.3 Å². The van der Waals surface area contributed by atoms with E-state index in [-0.39, 0.29) is 0 Å². The first-order valence-electron chi connectivity index (χ1n) is 5.27. The van der Waals surface area contributed by atoms with Crippen LogP contribution in [0.5, 0.6) is 0 Å². The Morgan fingerprint density at radius 1 is 1.50 bits per heavy atom. The number of aliphatic hydroxyl groups excluding tert-OH is 2. The van der Waals surface area contributed by atoms with Crippen molar-refractivity contribution in [1.29, 1.82) is 0 Å². The molecule has 0 aliphatic rings. The van der Waals surface area contributed by atoms with Gasteiger partial charge in [0.25, 0.3) is 5.69 Å². The number of rotatable bonds is 6. The third kappa shape index (κ3) is 3.20. The van der Waals surface area contributed by atoms with E-state index in [0.717, 1.165) is 18.2 Å². The van der Waals surface area contributed by atoms with Gasteiger partial charge in [-0.15, -0.1) is 0 Å². The predicted octanol–water partition coefficient (Wildman–Crippen LogP) is 0.998. The molecular weight excluding hydrogens is 272 g/mol. The SMILES string of the molecule is [N-]=[N+]=NCC(O)C(O)c1c(C(=O)O)cccc1[N+](=O)[O-]. The molecular formula is C10H10N4O6. The number of nitro groups is 1. The molecule has 106 valence electrons. The third-order valence-corrected chi connectivity index (χ3v) is 2.50. The van der Waals surface area contributed by atoms with Gasteiger partial charge in [0.15, 0.2) is 0 Å². The van der Waals surface area contributed by atoms with Crippen LogP contribution in [0.2, 0.25) is 0 Å². The van der Waals surface area contributed by atoms with Crippen LogP contribution in [0, 0.1) is 10.1 Å². The van der Waals surface area contributed by atoms with Gasteiger partial charge in [0.1, 0.15) is 6.10 Å². The summed E-state index contributed by atoms with van der Waals surface area (Å²) in [7, 11) is 0. The van der Waals surface area contributed by atoms with Gasteiger partial charge >= 0.3 is 5.97 Å². The summed E-state index contributed by atoms with van der Waals surface area (Å²) in [6.07, 6.45) is -3.53. The Bertz CT molecular complexity index is 551. The zero-order valence-corrected chi connectivity index (χ0v) is 9.95. The maximum absolute atomic E-state index is 11.0. The van der Waals surface area contributed by atoms with Crippen molar-refractivity contribution in [2.75, 3.05) is 6.54 Å². The van der Waals surface area contributed by atoms with Gasteiger partial charge in [-0.05, 0) is 11.6 Å². The van der Waals surface area contributed by atoms with Gasteiger partial charge in [0.2, 0.25) is 0 Å². The van der Waals surface area contributed by atoms with E-state index in [0.29, 0.717) is 0 Å². The zero-order valence-electron chi connectivity index (χ0n) is 9.95. The summed E-state index contributed by atoms with van der Waals surface area (Å²) >= 11 is 0. The van der Waals surface area contributed by atoms with E-state index < -0.39 is 46.5 Å². The van der Waals surface area contributed by atoms with Crippen LogP contribution in [0.15, 0.2) is 23.3 Å². The molecule has 0 aliphatic carbocycles. The molecule has 10 heteroatoms. The molecule has 0 aromatic heterocycles. The first-order valence-corrected chi connectivity index (χ1v) is 5.27. The fourth-order valence-corrected chi connectivity index (χ4v) is 1.62. The van der Waals surface area contributed by atoms with Crippen LogP contribution in [-0.4, -0.2) is 38.9 Å². The molecule has 0 amide bonds. The number of carboxylic acid groups (broad SMARTS) is 1. The van der Waals surface area contributed by atoms with E-state index in [1.165, 1.54) is 0 Å². The first-order chi connectivity index (χ1) is 9.40. The van der Waals surface area contributed by atoms with Crippen LogP contribution in [-0.2, 0) is 0 Å². The molecule has 0 saturated heterocycles. The predicted molar refractivity (Wildman–Crippen MR) is 65.0 cm³/mol. The van der Waals surface area contributed by atoms with E-state index in [2.05, 4.69) is 10.0 Å². The zero-order chi connectivity index (χ0) is 15.3. The summed E-state index contributed by atoms with van der Waals surface area (Å²) < 4.78 is 0. The minimum Gasteiger partial charge on any atom is -0.478 e. The number of azide groups is 1. The number of carboxylic acids is 1. The molecule has 0 fully saturated rings. The van der Waals surface area contributed by atoms with E-state index in [1.54, 1.807) is 0 Å². The van der Waals surface area contributed by atoms with E-state index >= 15 is 0 Å². The van der Waals surface area contributed by atoms with Crippen molar-refractivity contribution in [1.82, 2.24) is 0 Å². The van der Waals surface area contributed by atoms with E-state index in [1.807, 2.05) is 0 Å². The number of nitro benzene ring substituents is 1. The Labute approximate surface area is 111 Å². The molecule has 0 bridgehead atoms. The molecule has 2 atom stereocenters. The van der Waals surface area contributed by atoms with Crippen LogP contribution < -0.4 is 0 Å². The van der Waals surface area contributed by atoms with Gasteiger partial charge in [-0.3, -0.25) is 10.1 Å². The van der Waals surface area contributed by atoms with Crippen molar-refractivity contribution in [3.63, 3.8) is 0 Å². The van der Waals surface area contributed by atoms with Gasteiger partial charge in [-0.25, -0.2) is 4.79 Å². The smallest absolute Gasteiger partial charge is 0.336 e. The number of nitrogens with zero attached hydrogens (tertiary/aromatic N) is 4. The highest BCUT2D eigenvalue weighted by molar-refractivity contribution is 5.91. The summed E-state index contributed by atoms with van der Waals surface area (Å²) in [6, 6.07) is 3.22. The quantitative estimate of drug-likeness (QED) is 0.231. The highest BCUT2D eigenvalue weighted by Gasteiger charge is 2.30. The molecule has 0 saturated carbocycles. The molecule has 1 rings (SSSR count). The average Bonchev–Trinajstić information content (AvgIpc) is 2.42. The minimum absolute atomic E-state index is 0.508. The average molecular weight is 282 g/mol. The summed E-state index contributed by atoms with van der Waals surface area (Å²) in [4.78, 5) is 23.4. The first kappa shape index (κ1) is 15.4. The van der Waals surface area contributed by atoms with Gasteiger partial charge in [-0.1, -0.05) is 11.2 Å². The van der Waals surface area contributed by atoms with Gasteiger partial charge in [0.05, 0.1) is 28.7 Å². The normalized spacial score (nSPS) is 13.1. The monoisotopic (exact) mass is 282 g/mol. The Morgan fingerprint density at radius 3 is 2.65 bits per heavy atom. The molecule has 10 nitrogen and oxygen atoms in total. The number of benzene rings is 1. The molecule has 1 aromatic carbocycles. The second-order valence-electron chi connectivity index (χ2n) is 3.73. The molecule has 0 heterocycles. The summed E-state index contributed by atoms with van der Waals surface area (Å²) in [5, 5.41) is 42.3. The minimum atomic E-state index is -1.87. The van der Waals surface area contributed by atoms with Crippen LogP contribution in [0.25, 0.3) is 10.4 Å². The molecule has 1 aromatic rings. The Kier molecular flexibility index (Phi) is 4.98. The number of hydrogen-bond acceptors (Lipinski definition) is 6. The van der Waals surface area contributed by atoms with Crippen molar-refractivity contribution >= 4 is 11.7 Å². The topological polar surface area (TPSA) is 170 Å². The highest BCUT2D eigenvalue weighted by atomic mass is 16.6. The van der Waals surface area contributed by atoms with Crippen LogP contribution in [0.3, 0.4) is 0 Å². The number of carbonyl (C=O) groups is 1. The van der Waals surface area contributed by atoms with E-state index in [4.69, 9.17) is 10.6 Å². The highest BCUT2D eigenvalue weighted by Crippen LogP contribution is 2.31. The standard InChI is InChI=1S/C10H10N4O6/c11-13-12-4-7(15)9(16)8-5(10(17)18)2-1-3-6(8)14(19)20/h1-3,7,9,15-16H,4H2,(H,17,18). The van der Waals surface area contributed by atoms with Gasteiger partial charge in [0, 0.05) is 11.0 Å². The number of aliphatic hydroxyl groups is 2. The van der Waals surface area contributed by atoms with E-state index in [9.17, 15) is 25.1 Å². The van der Waals surface area contributed by atoms with Crippen molar-refractivity contribution in [3.05, 3.63) is 49.9 Å². The van der Waals surface area contributed by atoms with Crippen molar-refractivity contribution in [2.24, 2.45) is 5.11 Å². The second-order valence-corrected chi connectivity index (χ2v) is 3.73. The van der Waals surface area contributed by atoms with Crippen molar-refractivity contribution in [2.45, 2.75) is 12.2 Å². The van der Waals surface area contributed by atoms with Crippen LogP contribution in [0.4, 0.5) is 5.69 Å². The van der Waals surface area contributed by atoms with Crippen molar-refractivity contribution in [3.8, 4) is 0 Å². The summed E-state index contributed by atoms with van der Waals surface area (Å²) in [6.45, 7) is -0.553. The molecule has 0 spiro atoms. The molecule has 0 aliphatic heterocycles. The third-order valence-electron chi connectivity index (χ3n) is 2.50. The molecule has 3 N–H and O–H groups in total. The lowest BCUT2D eigenvalue weighted by Gasteiger charge is -2.18. The van der Waals surface area contributed by atoms with Gasteiger partial charge in [-0.2, -0.15) is 0 Å². The van der Waals surface area contributed by atoms with Crippen molar-refractivity contribution < 1.29 is 25.0 Å². The molecule has 2 unspecified atom stereocenters. The Balaban J connectivity index is 3.35. The fourth-order valence-electron chi connectivity index (χ4n) is 1.62. The lowest BCUT2D eigenvalue weighted by molar-refractivity contribution is -0.386. The van der Waals surface area contributed by atoms with Crippen LogP contribution in [0.1, 0.15) is 22.0 Å². The summed E-state index contributed by atoms with van der Waals surface area (Å²) in [5.74, 6) is -1.49. The lowest BCUT2D eigenvalue weighted by Crippen LogP contribution is -2.24. The largest absolute Gasteiger partial charge is 0.478 e. The summed E-state index contributed by atoms with van der Waals surface area (Å²) in [5.41, 5.74) is 6.43. The Morgan fingerprint density at radius 2 is 2.15 bits per heavy atom. The number of hydrogen-bond donors (Lipinski definition) is 3. The molecule has 0 radical (unpaired) electrons.